The summed E-state index contributed by atoms with van der Waals surface area (Å²) < 4.78 is 42.9. The van der Waals surface area contributed by atoms with Gasteiger partial charge in [0.05, 0.1) is 23.6 Å². The average Bonchev–Trinajstić information content (AvgIpc) is 2.94. The highest BCUT2D eigenvalue weighted by Gasteiger charge is 2.38. The van der Waals surface area contributed by atoms with Crippen molar-refractivity contribution in [3.8, 4) is 0 Å². The molecule has 0 bridgehead atoms. The van der Waals surface area contributed by atoms with Crippen molar-refractivity contribution in [3.63, 3.8) is 0 Å². The first-order valence-electron chi connectivity index (χ1n) is 7.20. The van der Waals surface area contributed by atoms with Crippen LogP contribution in [0.4, 0.5) is 18.9 Å². The zero-order chi connectivity index (χ0) is 19.3. The van der Waals surface area contributed by atoms with Crippen LogP contribution in [0.25, 0.3) is 0 Å². The topological polar surface area (TPSA) is 112 Å². The second kappa shape index (κ2) is 8.08. The molecule has 1 heterocycles. The van der Waals surface area contributed by atoms with Crippen LogP contribution in [0.15, 0.2) is 29.4 Å². The third-order valence-electron chi connectivity index (χ3n) is 2.95. The van der Waals surface area contributed by atoms with Crippen LogP contribution in [0.2, 0.25) is 0 Å². The van der Waals surface area contributed by atoms with Gasteiger partial charge in [-0.25, -0.2) is 9.47 Å². The lowest BCUT2D eigenvalue weighted by Gasteiger charge is -2.10. The molecule has 0 fully saturated rings. The zero-order valence-electron chi connectivity index (χ0n) is 13.4. The van der Waals surface area contributed by atoms with Crippen molar-refractivity contribution in [3.05, 3.63) is 35.7 Å². The fourth-order valence-electron chi connectivity index (χ4n) is 1.86. The summed E-state index contributed by atoms with van der Waals surface area (Å²) in [6.45, 7) is 1.82. The number of nitrogens with zero attached hydrogens (tertiary/aromatic N) is 3. The molecule has 8 nitrogen and oxygen atoms in total. The number of hydrogen-bond donors (Lipinski definition) is 2. The van der Waals surface area contributed by atoms with Gasteiger partial charge in [-0.05, 0) is 19.1 Å². The Hall–Kier alpha value is -2.76. The number of para-hydroxylation sites is 1. The van der Waals surface area contributed by atoms with Crippen LogP contribution in [0.1, 0.15) is 23.1 Å². The van der Waals surface area contributed by atoms with Gasteiger partial charge in [-0.3, -0.25) is 4.79 Å². The molecule has 12 heteroatoms. The number of amides is 1. The van der Waals surface area contributed by atoms with Crippen LogP contribution in [0.5, 0.6) is 0 Å². The monoisotopic (exact) mass is 389 g/mol. The number of carbonyl (C=O) groups excluding carboxylic acids is 2. The van der Waals surface area contributed by atoms with Gasteiger partial charge in [-0.1, -0.05) is 23.9 Å². The first-order valence-corrected chi connectivity index (χ1v) is 8.19. The lowest BCUT2D eigenvalue weighted by atomic mass is 10.2. The molecule has 0 saturated heterocycles. The summed E-state index contributed by atoms with van der Waals surface area (Å²) in [6, 6.07) is 6.19. The Morgan fingerprint density at radius 1 is 1.31 bits per heavy atom. The number of halogens is 3. The average molecular weight is 389 g/mol. The molecule has 1 aromatic carbocycles. The van der Waals surface area contributed by atoms with Gasteiger partial charge in [0, 0.05) is 0 Å². The minimum atomic E-state index is -4.75. The van der Waals surface area contributed by atoms with Gasteiger partial charge in [0.1, 0.15) is 0 Å². The number of alkyl halides is 3. The molecule has 0 unspecified atom stereocenters. The number of thioether (sulfide) groups is 1. The van der Waals surface area contributed by atoms with Gasteiger partial charge >= 0.3 is 12.1 Å². The van der Waals surface area contributed by atoms with Crippen molar-refractivity contribution in [2.75, 3.05) is 23.5 Å². The number of aromatic nitrogens is 3. The summed E-state index contributed by atoms with van der Waals surface area (Å²) >= 11 is 0.672. The van der Waals surface area contributed by atoms with Gasteiger partial charge < -0.3 is 15.9 Å². The maximum atomic E-state index is 12.6. The van der Waals surface area contributed by atoms with E-state index < -0.39 is 23.9 Å². The number of rotatable bonds is 6. The fraction of sp³-hybridized carbons (Fsp3) is 0.286. The van der Waals surface area contributed by atoms with E-state index in [1.165, 1.54) is 12.1 Å². The molecular weight excluding hydrogens is 375 g/mol. The number of nitrogens with one attached hydrogen (secondary N) is 1. The number of hydrogen-bond acceptors (Lipinski definition) is 7. The van der Waals surface area contributed by atoms with E-state index in [1.54, 1.807) is 19.1 Å². The Morgan fingerprint density at radius 2 is 2.00 bits per heavy atom. The van der Waals surface area contributed by atoms with E-state index in [4.69, 9.17) is 10.6 Å². The summed E-state index contributed by atoms with van der Waals surface area (Å²) in [5.74, 6) is 2.46. The molecular formula is C14H14F3N5O3S. The van der Waals surface area contributed by atoms with Crippen molar-refractivity contribution >= 4 is 29.3 Å². The van der Waals surface area contributed by atoms with Crippen molar-refractivity contribution in [1.29, 1.82) is 0 Å². The molecule has 1 amide bonds. The Balaban J connectivity index is 2.03. The van der Waals surface area contributed by atoms with Crippen LogP contribution in [0.3, 0.4) is 0 Å². The van der Waals surface area contributed by atoms with E-state index in [0.717, 1.165) is 0 Å². The third-order valence-corrected chi connectivity index (χ3v) is 3.89. The number of anilines is 1. The van der Waals surface area contributed by atoms with Crippen molar-refractivity contribution in [1.82, 2.24) is 14.9 Å². The largest absolute Gasteiger partial charge is 0.462 e. The molecule has 140 valence electrons. The first-order chi connectivity index (χ1) is 12.2. The number of nitrogens with two attached hydrogens (primary N) is 1. The van der Waals surface area contributed by atoms with E-state index in [0.29, 0.717) is 11.8 Å². The van der Waals surface area contributed by atoms with Crippen molar-refractivity contribution < 1.29 is 27.5 Å². The molecule has 0 saturated carbocycles. The SMILES string of the molecule is CCOC(=O)c1ccccc1NC(=O)CSc1nnc(C(F)(F)F)n1N. The van der Waals surface area contributed by atoms with Crippen LogP contribution in [-0.2, 0) is 15.7 Å². The number of ether oxygens (including phenoxy) is 1. The summed E-state index contributed by atoms with van der Waals surface area (Å²) in [4.78, 5) is 23.9. The first kappa shape index (κ1) is 19.6. The molecule has 0 atom stereocenters. The van der Waals surface area contributed by atoms with Gasteiger partial charge in [-0.15, -0.1) is 10.2 Å². The molecule has 0 aliphatic rings. The van der Waals surface area contributed by atoms with E-state index in [2.05, 4.69) is 15.5 Å². The smallest absolute Gasteiger partial charge is 0.453 e. The molecule has 26 heavy (non-hydrogen) atoms. The standard InChI is InChI=1S/C14H14F3N5O3S/c1-2-25-11(24)8-5-3-4-6-9(8)19-10(23)7-26-13-21-20-12(22(13)18)14(15,16)17/h3-6H,2,7,18H2,1H3,(H,19,23). The Kier molecular flexibility index (Phi) is 6.08. The molecule has 3 N–H and O–H groups in total. The Labute approximate surface area is 149 Å². The second-order valence-electron chi connectivity index (χ2n) is 4.78. The summed E-state index contributed by atoms with van der Waals surface area (Å²) in [6.07, 6.45) is -4.75. The van der Waals surface area contributed by atoms with Gasteiger partial charge in [0.2, 0.25) is 11.1 Å². The van der Waals surface area contributed by atoms with Gasteiger partial charge in [-0.2, -0.15) is 13.2 Å². The van der Waals surface area contributed by atoms with Crippen LogP contribution < -0.4 is 11.2 Å². The zero-order valence-corrected chi connectivity index (χ0v) is 14.2. The molecule has 2 rings (SSSR count). The van der Waals surface area contributed by atoms with E-state index >= 15 is 0 Å². The molecule has 2 aromatic rings. The van der Waals surface area contributed by atoms with E-state index in [-0.39, 0.29) is 33.4 Å². The lowest BCUT2D eigenvalue weighted by Crippen LogP contribution is -2.22. The maximum absolute atomic E-state index is 12.6. The molecule has 0 radical (unpaired) electrons. The van der Waals surface area contributed by atoms with Gasteiger partial charge in [0.15, 0.2) is 0 Å². The normalized spacial score (nSPS) is 11.2. The van der Waals surface area contributed by atoms with Crippen LogP contribution in [0, 0.1) is 0 Å². The van der Waals surface area contributed by atoms with E-state index in [9.17, 15) is 22.8 Å². The lowest BCUT2D eigenvalue weighted by molar-refractivity contribution is -0.146. The van der Waals surface area contributed by atoms with E-state index in [1.807, 2.05) is 0 Å². The predicted octanol–water partition coefficient (Wildman–Crippen LogP) is 1.92. The molecule has 1 aromatic heterocycles. The molecule has 0 aliphatic carbocycles. The van der Waals surface area contributed by atoms with Gasteiger partial charge in [0.25, 0.3) is 5.82 Å². The Morgan fingerprint density at radius 3 is 2.62 bits per heavy atom. The van der Waals surface area contributed by atoms with Crippen molar-refractivity contribution in [2.45, 2.75) is 18.3 Å². The molecule has 0 spiro atoms. The summed E-state index contributed by atoms with van der Waals surface area (Å²) in [5.41, 5.74) is 0.385. The van der Waals surface area contributed by atoms with Crippen LogP contribution in [-0.4, -0.2) is 39.1 Å². The minimum Gasteiger partial charge on any atom is -0.462 e. The molecule has 0 aliphatic heterocycles. The fourth-order valence-corrected chi connectivity index (χ4v) is 2.52. The quantitative estimate of drug-likeness (QED) is 0.441. The minimum absolute atomic E-state index is 0.161. The van der Waals surface area contributed by atoms with Crippen molar-refractivity contribution in [2.24, 2.45) is 0 Å². The number of benzene rings is 1. The maximum Gasteiger partial charge on any atom is 0.453 e. The Bertz CT molecular complexity index is 809. The third kappa shape index (κ3) is 4.65. The highest BCUT2D eigenvalue weighted by Crippen LogP contribution is 2.28. The summed E-state index contributed by atoms with van der Waals surface area (Å²) in [5, 5.41) is 8.49. The second-order valence-corrected chi connectivity index (χ2v) is 5.72. The number of esters is 1. The predicted molar refractivity (Wildman–Crippen MR) is 86.9 cm³/mol. The number of nitrogen functional groups attached to an aromatic ring is 1. The number of carbonyl (C=O) groups is 2. The van der Waals surface area contributed by atoms with Crippen LogP contribution >= 0.6 is 11.8 Å². The summed E-state index contributed by atoms with van der Waals surface area (Å²) in [7, 11) is 0. The highest BCUT2D eigenvalue weighted by molar-refractivity contribution is 7.99. The highest BCUT2D eigenvalue weighted by atomic mass is 32.2.